The zero-order valence-corrected chi connectivity index (χ0v) is 15.0. The topological polar surface area (TPSA) is 80.5 Å². The van der Waals surface area contributed by atoms with Crippen LogP contribution in [0.4, 0.5) is 4.79 Å². The molecule has 1 saturated heterocycles. The fraction of sp³-hybridized carbons (Fsp3) is 0.250. The van der Waals surface area contributed by atoms with Gasteiger partial charge >= 0.3 is 6.03 Å². The molecule has 0 saturated carbocycles. The quantitative estimate of drug-likeness (QED) is 0.753. The molecule has 0 unspecified atom stereocenters. The Morgan fingerprint density at radius 2 is 1.93 bits per heavy atom. The Bertz CT molecular complexity index is 902. The van der Waals surface area contributed by atoms with E-state index in [0.29, 0.717) is 31.3 Å². The Morgan fingerprint density at radius 3 is 2.63 bits per heavy atom. The number of likely N-dealkylation sites (tertiary alicyclic amines) is 1. The molecule has 1 aliphatic rings. The van der Waals surface area contributed by atoms with E-state index in [4.69, 9.17) is 9.26 Å². The first-order valence-corrected chi connectivity index (χ1v) is 8.77. The Kier molecular flexibility index (Phi) is 4.74. The number of methoxy groups -OCH3 is 1. The number of nitrogens with one attached hydrogen (secondary N) is 1. The normalized spacial score (nSPS) is 13.9. The molecule has 7 nitrogen and oxygen atoms in total. The SMILES string of the molecule is COc1ccc(-c2nc(C3CN(C(=O)NCc4ccccc4)C3)no2)cc1. The van der Waals surface area contributed by atoms with E-state index in [2.05, 4.69) is 15.5 Å². The second-order valence-corrected chi connectivity index (χ2v) is 6.43. The number of carbonyl (C=O) groups is 1. The minimum atomic E-state index is -0.0750. The number of benzene rings is 2. The lowest BCUT2D eigenvalue weighted by Crippen LogP contribution is -2.52. The summed E-state index contributed by atoms with van der Waals surface area (Å²) >= 11 is 0. The van der Waals surface area contributed by atoms with Gasteiger partial charge in [-0.1, -0.05) is 35.5 Å². The van der Waals surface area contributed by atoms with Gasteiger partial charge < -0.3 is 19.5 Å². The van der Waals surface area contributed by atoms with Crippen molar-refractivity contribution >= 4 is 6.03 Å². The van der Waals surface area contributed by atoms with Gasteiger partial charge in [-0.25, -0.2) is 4.79 Å². The second kappa shape index (κ2) is 7.49. The van der Waals surface area contributed by atoms with E-state index in [0.717, 1.165) is 16.9 Å². The van der Waals surface area contributed by atoms with Gasteiger partial charge in [-0.15, -0.1) is 0 Å². The molecule has 7 heteroatoms. The Morgan fingerprint density at radius 1 is 1.19 bits per heavy atom. The number of hydrogen-bond donors (Lipinski definition) is 1. The Hall–Kier alpha value is -3.35. The maximum absolute atomic E-state index is 12.2. The van der Waals surface area contributed by atoms with Crippen LogP contribution in [0.25, 0.3) is 11.5 Å². The summed E-state index contributed by atoms with van der Waals surface area (Å²) in [6.45, 7) is 1.69. The Balaban J connectivity index is 1.30. The fourth-order valence-electron chi connectivity index (χ4n) is 2.94. The summed E-state index contributed by atoms with van der Waals surface area (Å²) in [7, 11) is 1.62. The van der Waals surface area contributed by atoms with Gasteiger partial charge in [0.25, 0.3) is 5.89 Å². The van der Waals surface area contributed by atoms with E-state index in [1.807, 2.05) is 54.6 Å². The van der Waals surface area contributed by atoms with Crippen LogP contribution in [0.15, 0.2) is 59.1 Å². The average Bonchev–Trinajstić information content (AvgIpc) is 3.16. The number of carbonyl (C=O) groups excluding carboxylic acids is 1. The van der Waals surface area contributed by atoms with Crippen LogP contribution in [0.1, 0.15) is 17.3 Å². The number of hydrogen-bond acceptors (Lipinski definition) is 5. The zero-order chi connectivity index (χ0) is 18.6. The van der Waals surface area contributed by atoms with E-state index in [9.17, 15) is 4.79 Å². The highest BCUT2D eigenvalue weighted by Crippen LogP contribution is 2.27. The van der Waals surface area contributed by atoms with Crippen molar-refractivity contribution in [1.82, 2.24) is 20.4 Å². The zero-order valence-electron chi connectivity index (χ0n) is 15.0. The van der Waals surface area contributed by atoms with Gasteiger partial charge in [0.05, 0.1) is 13.0 Å². The fourth-order valence-corrected chi connectivity index (χ4v) is 2.94. The van der Waals surface area contributed by atoms with Crippen molar-refractivity contribution in [3.8, 4) is 17.2 Å². The lowest BCUT2D eigenvalue weighted by Gasteiger charge is -2.37. The maximum atomic E-state index is 12.2. The van der Waals surface area contributed by atoms with Gasteiger partial charge in [-0.3, -0.25) is 0 Å². The van der Waals surface area contributed by atoms with Crippen molar-refractivity contribution in [3.05, 3.63) is 66.0 Å². The number of nitrogens with zero attached hydrogens (tertiary/aromatic N) is 3. The predicted octanol–water partition coefficient (Wildman–Crippen LogP) is 3.05. The molecule has 0 aliphatic carbocycles. The largest absolute Gasteiger partial charge is 0.497 e. The van der Waals surface area contributed by atoms with Crippen molar-refractivity contribution in [2.75, 3.05) is 20.2 Å². The summed E-state index contributed by atoms with van der Waals surface area (Å²) in [6.07, 6.45) is 0. The molecule has 27 heavy (non-hydrogen) atoms. The van der Waals surface area contributed by atoms with Crippen LogP contribution < -0.4 is 10.1 Å². The van der Waals surface area contributed by atoms with Crippen LogP contribution in [0.5, 0.6) is 5.75 Å². The molecule has 138 valence electrons. The van der Waals surface area contributed by atoms with Crippen LogP contribution in [-0.2, 0) is 6.54 Å². The van der Waals surface area contributed by atoms with Gasteiger partial charge in [-0.05, 0) is 29.8 Å². The highest BCUT2D eigenvalue weighted by Gasteiger charge is 2.35. The molecule has 1 fully saturated rings. The third-order valence-electron chi connectivity index (χ3n) is 4.60. The minimum Gasteiger partial charge on any atom is -0.497 e. The van der Waals surface area contributed by atoms with E-state index in [-0.39, 0.29) is 11.9 Å². The molecule has 0 radical (unpaired) electrons. The number of urea groups is 1. The summed E-state index contributed by atoms with van der Waals surface area (Å²) in [6, 6.07) is 17.2. The lowest BCUT2D eigenvalue weighted by atomic mass is 10.00. The molecule has 2 amide bonds. The number of amides is 2. The standard InChI is InChI=1S/C20H20N4O3/c1-26-17-9-7-15(8-10-17)19-22-18(23-27-19)16-12-24(13-16)20(25)21-11-14-5-3-2-4-6-14/h2-10,16H,11-13H2,1H3,(H,21,25). The van der Waals surface area contributed by atoms with E-state index in [1.165, 1.54) is 0 Å². The van der Waals surface area contributed by atoms with Gasteiger partial charge in [0.1, 0.15) is 5.75 Å². The smallest absolute Gasteiger partial charge is 0.317 e. The van der Waals surface area contributed by atoms with E-state index >= 15 is 0 Å². The van der Waals surface area contributed by atoms with Gasteiger partial charge in [-0.2, -0.15) is 4.98 Å². The molecular weight excluding hydrogens is 344 g/mol. The number of ether oxygens (including phenoxy) is 1. The van der Waals surface area contributed by atoms with Gasteiger partial charge in [0, 0.05) is 25.2 Å². The van der Waals surface area contributed by atoms with E-state index < -0.39 is 0 Å². The molecule has 0 atom stereocenters. The summed E-state index contributed by atoms with van der Waals surface area (Å²) < 4.78 is 10.5. The summed E-state index contributed by atoms with van der Waals surface area (Å²) in [5, 5.41) is 6.99. The van der Waals surface area contributed by atoms with Crippen LogP contribution in [0, 0.1) is 0 Å². The molecule has 1 aromatic heterocycles. The first-order chi connectivity index (χ1) is 13.2. The Labute approximate surface area is 156 Å². The molecule has 3 aromatic rings. The van der Waals surface area contributed by atoms with Crippen molar-refractivity contribution in [3.63, 3.8) is 0 Å². The third-order valence-corrected chi connectivity index (χ3v) is 4.60. The van der Waals surface area contributed by atoms with E-state index in [1.54, 1.807) is 12.0 Å². The number of rotatable bonds is 5. The highest BCUT2D eigenvalue weighted by molar-refractivity contribution is 5.75. The first kappa shape index (κ1) is 17.1. The van der Waals surface area contributed by atoms with Crippen molar-refractivity contribution in [2.45, 2.75) is 12.5 Å². The maximum Gasteiger partial charge on any atom is 0.317 e. The molecule has 0 spiro atoms. The highest BCUT2D eigenvalue weighted by atomic mass is 16.5. The van der Waals surface area contributed by atoms with Crippen LogP contribution >= 0.6 is 0 Å². The third kappa shape index (κ3) is 3.76. The van der Waals surface area contributed by atoms with Crippen molar-refractivity contribution < 1.29 is 14.1 Å². The summed E-state index contributed by atoms with van der Waals surface area (Å²) in [5.74, 6) is 1.98. The molecule has 1 N–H and O–H groups in total. The molecule has 1 aliphatic heterocycles. The van der Waals surface area contributed by atoms with Crippen LogP contribution in [-0.4, -0.2) is 41.3 Å². The molecule has 4 rings (SSSR count). The predicted molar refractivity (Wildman–Crippen MR) is 99.3 cm³/mol. The van der Waals surface area contributed by atoms with Crippen LogP contribution in [0.2, 0.25) is 0 Å². The molecule has 2 heterocycles. The summed E-state index contributed by atoms with van der Waals surface area (Å²) in [5.41, 5.74) is 1.91. The summed E-state index contributed by atoms with van der Waals surface area (Å²) in [4.78, 5) is 18.4. The van der Waals surface area contributed by atoms with Crippen molar-refractivity contribution in [1.29, 1.82) is 0 Å². The lowest BCUT2D eigenvalue weighted by molar-refractivity contribution is 0.147. The van der Waals surface area contributed by atoms with Gasteiger partial charge in [0.2, 0.25) is 0 Å². The second-order valence-electron chi connectivity index (χ2n) is 6.43. The average molecular weight is 364 g/mol. The van der Waals surface area contributed by atoms with Gasteiger partial charge in [0.15, 0.2) is 5.82 Å². The number of aromatic nitrogens is 2. The van der Waals surface area contributed by atoms with Crippen LogP contribution in [0.3, 0.4) is 0 Å². The monoisotopic (exact) mass is 364 g/mol. The molecule has 0 bridgehead atoms. The molecule has 2 aromatic carbocycles. The first-order valence-electron chi connectivity index (χ1n) is 8.77. The minimum absolute atomic E-state index is 0.0750. The van der Waals surface area contributed by atoms with Crippen molar-refractivity contribution in [2.24, 2.45) is 0 Å². The molecular formula is C20H20N4O3.